The molecule has 1 N–H and O–H groups in total. The molecule has 0 aliphatic carbocycles. The van der Waals surface area contributed by atoms with Gasteiger partial charge < -0.3 is 10.1 Å². The summed E-state index contributed by atoms with van der Waals surface area (Å²) in [6.07, 6.45) is 0. The number of hydrogen-bond acceptors (Lipinski definition) is 2. The van der Waals surface area contributed by atoms with E-state index in [4.69, 9.17) is 4.74 Å². The number of nitrogens with one attached hydrogen (secondary N) is 1. The molecule has 0 saturated heterocycles. The van der Waals surface area contributed by atoms with E-state index in [1.165, 1.54) is 17.7 Å². The van der Waals surface area contributed by atoms with Crippen LogP contribution in [0.15, 0.2) is 54.6 Å². The van der Waals surface area contributed by atoms with Crippen molar-refractivity contribution in [1.29, 1.82) is 0 Å². The van der Waals surface area contributed by atoms with E-state index in [1.54, 1.807) is 7.11 Å². The molecule has 0 heterocycles. The van der Waals surface area contributed by atoms with Crippen LogP contribution in [0.2, 0.25) is 0 Å². The van der Waals surface area contributed by atoms with Gasteiger partial charge >= 0.3 is 0 Å². The molecule has 0 bridgehead atoms. The van der Waals surface area contributed by atoms with Crippen molar-refractivity contribution in [1.82, 2.24) is 5.32 Å². The van der Waals surface area contributed by atoms with Crippen LogP contribution < -0.4 is 5.32 Å². The summed E-state index contributed by atoms with van der Waals surface area (Å²) in [7, 11) is 1.69. The molecule has 2 aromatic rings. The molecule has 0 aliphatic rings. The molecule has 20 heavy (non-hydrogen) atoms. The predicted molar refractivity (Wildman–Crippen MR) is 79.0 cm³/mol. The van der Waals surface area contributed by atoms with Gasteiger partial charge in [-0.2, -0.15) is 0 Å². The van der Waals surface area contributed by atoms with Crippen molar-refractivity contribution in [3.8, 4) is 0 Å². The van der Waals surface area contributed by atoms with Gasteiger partial charge in [-0.3, -0.25) is 0 Å². The second-order valence-electron chi connectivity index (χ2n) is 4.86. The van der Waals surface area contributed by atoms with Gasteiger partial charge in [-0.15, -0.1) is 0 Å². The Bertz CT molecular complexity index is 512. The number of ether oxygens (including phenoxy) is 1. The minimum Gasteiger partial charge on any atom is -0.383 e. The molecule has 1 unspecified atom stereocenters. The highest BCUT2D eigenvalue weighted by Gasteiger charge is 2.15. The van der Waals surface area contributed by atoms with Gasteiger partial charge in [-0.25, -0.2) is 4.39 Å². The van der Waals surface area contributed by atoms with E-state index in [0.29, 0.717) is 6.61 Å². The summed E-state index contributed by atoms with van der Waals surface area (Å²) in [6, 6.07) is 17.0. The molecule has 0 fully saturated rings. The molecule has 2 aromatic carbocycles. The van der Waals surface area contributed by atoms with Crippen molar-refractivity contribution in [3.05, 3.63) is 71.5 Å². The van der Waals surface area contributed by atoms with E-state index in [0.717, 1.165) is 5.56 Å². The Hall–Kier alpha value is -1.71. The largest absolute Gasteiger partial charge is 0.383 e. The van der Waals surface area contributed by atoms with E-state index in [1.807, 2.05) is 30.3 Å². The van der Waals surface area contributed by atoms with Crippen molar-refractivity contribution in [3.63, 3.8) is 0 Å². The lowest BCUT2D eigenvalue weighted by molar-refractivity contribution is 0.162. The SMILES string of the molecule is COCC(N[C@@H](C)c1ccc(F)cc1)c1ccccc1. The Labute approximate surface area is 119 Å². The molecule has 0 amide bonds. The highest BCUT2D eigenvalue weighted by molar-refractivity contribution is 5.22. The summed E-state index contributed by atoms with van der Waals surface area (Å²) < 4.78 is 18.2. The molecular weight excluding hydrogens is 253 g/mol. The van der Waals surface area contributed by atoms with Crippen LogP contribution in [0.5, 0.6) is 0 Å². The fraction of sp³-hybridized carbons (Fsp3) is 0.294. The van der Waals surface area contributed by atoms with Crippen molar-refractivity contribution in [2.45, 2.75) is 19.0 Å². The zero-order valence-corrected chi connectivity index (χ0v) is 11.8. The maximum atomic E-state index is 13.0. The first kappa shape index (κ1) is 14.7. The molecule has 0 spiro atoms. The summed E-state index contributed by atoms with van der Waals surface area (Å²) in [5, 5.41) is 3.52. The minimum atomic E-state index is -0.211. The molecule has 2 nitrogen and oxygen atoms in total. The predicted octanol–water partition coefficient (Wildman–Crippen LogP) is 3.86. The lowest BCUT2D eigenvalue weighted by Gasteiger charge is -2.23. The molecular formula is C17H20FNO. The number of methoxy groups -OCH3 is 1. The zero-order chi connectivity index (χ0) is 14.4. The first-order chi connectivity index (χ1) is 9.70. The molecule has 0 aromatic heterocycles. The van der Waals surface area contributed by atoms with E-state index in [9.17, 15) is 4.39 Å². The fourth-order valence-corrected chi connectivity index (χ4v) is 2.24. The van der Waals surface area contributed by atoms with Gasteiger partial charge in [-0.05, 0) is 30.2 Å². The van der Waals surface area contributed by atoms with E-state index < -0.39 is 0 Å². The Morgan fingerprint density at radius 2 is 1.65 bits per heavy atom. The Morgan fingerprint density at radius 3 is 2.25 bits per heavy atom. The average Bonchev–Trinajstić information content (AvgIpc) is 2.48. The third-order valence-electron chi connectivity index (χ3n) is 3.36. The summed E-state index contributed by atoms with van der Waals surface area (Å²) in [5.41, 5.74) is 2.24. The van der Waals surface area contributed by atoms with E-state index in [2.05, 4.69) is 24.4 Å². The van der Waals surface area contributed by atoms with Crippen molar-refractivity contribution in [2.75, 3.05) is 13.7 Å². The maximum absolute atomic E-state index is 13.0. The molecule has 2 rings (SSSR count). The molecule has 0 radical (unpaired) electrons. The number of benzene rings is 2. The fourth-order valence-electron chi connectivity index (χ4n) is 2.24. The molecule has 0 saturated carbocycles. The van der Waals surface area contributed by atoms with Crippen molar-refractivity contribution >= 4 is 0 Å². The monoisotopic (exact) mass is 273 g/mol. The van der Waals surface area contributed by atoms with Gasteiger partial charge in [0.15, 0.2) is 0 Å². The summed E-state index contributed by atoms with van der Waals surface area (Å²) >= 11 is 0. The smallest absolute Gasteiger partial charge is 0.123 e. The van der Waals surface area contributed by atoms with Gasteiger partial charge in [0.1, 0.15) is 5.82 Å². The standard InChI is InChI=1S/C17H20FNO/c1-13(14-8-10-16(18)11-9-14)19-17(12-20-2)15-6-4-3-5-7-15/h3-11,13,17,19H,12H2,1-2H3/t13-,17?/m0/s1. The zero-order valence-electron chi connectivity index (χ0n) is 11.8. The normalized spacial score (nSPS) is 13.9. The van der Waals surface area contributed by atoms with Crippen molar-refractivity contribution < 1.29 is 9.13 Å². The Kier molecular flexibility index (Phi) is 5.27. The highest BCUT2D eigenvalue weighted by atomic mass is 19.1. The first-order valence-electron chi connectivity index (χ1n) is 6.76. The first-order valence-corrected chi connectivity index (χ1v) is 6.76. The Morgan fingerprint density at radius 1 is 1.00 bits per heavy atom. The topological polar surface area (TPSA) is 21.3 Å². The summed E-state index contributed by atoms with van der Waals surface area (Å²) in [5.74, 6) is -0.211. The lowest BCUT2D eigenvalue weighted by Crippen LogP contribution is -2.28. The molecule has 3 heteroatoms. The number of rotatable bonds is 6. The molecule has 106 valence electrons. The number of halogens is 1. The second-order valence-corrected chi connectivity index (χ2v) is 4.86. The quantitative estimate of drug-likeness (QED) is 0.862. The van der Waals surface area contributed by atoms with Crippen LogP contribution in [0.1, 0.15) is 30.1 Å². The van der Waals surface area contributed by atoms with Crippen LogP contribution in [0.25, 0.3) is 0 Å². The van der Waals surface area contributed by atoms with Crippen LogP contribution in [0.3, 0.4) is 0 Å². The van der Waals surface area contributed by atoms with Crippen molar-refractivity contribution in [2.24, 2.45) is 0 Å². The highest BCUT2D eigenvalue weighted by Crippen LogP contribution is 2.20. The van der Waals surface area contributed by atoms with Crippen LogP contribution in [0.4, 0.5) is 4.39 Å². The summed E-state index contributed by atoms with van der Waals surface area (Å²) in [6.45, 7) is 2.66. The molecule has 0 aliphatic heterocycles. The number of hydrogen-bond donors (Lipinski definition) is 1. The molecule has 2 atom stereocenters. The van der Waals surface area contributed by atoms with E-state index in [-0.39, 0.29) is 17.9 Å². The average molecular weight is 273 g/mol. The van der Waals surface area contributed by atoms with Gasteiger partial charge in [0.25, 0.3) is 0 Å². The van der Waals surface area contributed by atoms with Crippen LogP contribution >= 0.6 is 0 Å². The van der Waals surface area contributed by atoms with Gasteiger partial charge in [0, 0.05) is 13.2 Å². The third kappa shape index (κ3) is 3.89. The summed E-state index contributed by atoms with van der Waals surface area (Å²) in [4.78, 5) is 0. The minimum absolute atomic E-state index is 0.112. The van der Waals surface area contributed by atoms with Gasteiger partial charge in [0.2, 0.25) is 0 Å². The van der Waals surface area contributed by atoms with Crippen LogP contribution in [-0.2, 0) is 4.74 Å². The van der Waals surface area contributed by atoms with Crippen LogP contribution in [0, 0.1) is 5.82 Å². The van der Waals surface area contributed by atoms with Gasteiger partial charge in [0.05, 0.1) is 12.6 Å². The lowest BCUT2D eigenvalue weighted by atomic mass is 10.0. The van der Waals surface area contributed by atoms with Gasteiger partial charge in [-0.1, -0.05) is 42.5 Å². The van der Waals surface area contributed by atoms with Crippen LogP contribution in [-0.4, -0.2) is 13.7 Å². The Balaban J connectivity index is 2.10. The third-order valence-corrected chi connectivity index (χ3v) is 3.36. The second kappa shape index (κ2) is 7.17. The maximum Gasteiger partial charge on any atom is 0.123 e. The van der Waals surface area contributed by atoms with E-state index >= 15 is 0 Å².